The van der Waals surface area contributed by atoms with Gasteiger partial charge in [0.05, 0.1) is 32.3 Å². The van der Waals surface area contributed by atoms with Crippen LogP contribution >= 0.6 is 68.0 Å². The second-order valence-electron chi connectivity index (χ2n) is 22.9. The van der Waals surface area contributed by atoms with Gasteiger partial charge in [-0.25, -0.2) is 0 Å². The number of carbonyl (C=O) groups is 2. The summed E-state index contributed by atoms with van der Waals surface area (Å²) < 4.78 is 2.65. The molecular weight excluding hydrogens is 1070 g/mol. The molecule has 8 rings (SSSR count). The minimum atomic E-state index is 0.0454. The summed E-state index contributed by atoms with van der Waals surface area (Å²) in [4.78, 5) is 46.0. The van der Waals surface area contributed by atoms with E-state index in [-0.39, 0.29) is 11.8 Å². The fourth-order valence-electron chi connectivity index (χ4n) is 12.1. The molecule has 78 heavy (non-hydrogen) atoms. The molecular formula is C68H94N2O2S6. The summed E-state index contributed by atoms with van der Waals surface area (Å²) in [6, 6.07) is 22.4. The average Bonchev–Trinajstić information content (AvgIpc) is 4.23. The molecule has 0 aliphatic carbocycles. The van der Waals surface area contributed by atoms with Crippen LogP contribution in [0.25, 0.3) is 50.1 Å². The molecule has 6 aromatic rings. The monoisotopic (exact) mass is 1160 g/mol. The number of thiophene rings is 6. The van der Waals surface area contributed by atoms with Gasteiger partial charge in [-0.3, -0.25) is 9.59 Å². The van der Waals surface area contributed by atoms with Crippen molar-refractivity contribution < 1.29 is 9.59 Å². The molecule has 4 nitrogen and oxygen atoms in total. The Hall–Kier alpha value is -3.12. The molecule has 0 N–H and O–H groups in total. The largest absolute Gasteiger partial charge is 0.306 e. The van der Waals surface area contributed by atoms with Gasteiger partial charge in [-0.2, -0.15) is 0 Å². The first-order valence-electron chi connectivity index (χ1n) is 31.4. The van der Waals surface area contributed by atoms with Gasteiger partial charge in [0.25, 0.3) is 11.8 Å². The first-order valence-corrected chi connectivity index (χ1v) is 36.4. The number of amides is 2. The SMILES string of the molecule is CCCCCCCCCCC(CCCCCCCC)CN1C(=O)C2=C(c3ccc(-c4cc5sc(-c6cccs6)cc5s4)s3)N(CC(CCCCCCCC)CCCCCCCCCC)C(=O)C2=C1c1ccc(-c2cccs2)s1. The Kier molecular flexibility index (Phi) is 25.9. The van der Waals surface area contributed by atoms with Gasteiger partial charge in [-0.15, -0.1) is 68.0 Å². The van der Waals surface area contributed by atoms with Crippen molar-refractivity contribution in [3.8, 4) is 29.3 Å². The van der Waals surface area contributed by atoms with Gasteiger partial charge < -0.3 is 9.80 Å². The van der Waals surface area contributed by atoms with E-state index in [9.17, 15) is 0 Å². The quantitative estimate of drug-likeness (QED) is 0.0359. The summed E-state index contributed by atoms with van der Waals surface area (Å²) in [5.74, 6) is 0.857. The molecule has 0 saturated heterocycles. The number of fused-ring (bicyclic) bond motifs is 2. The van der Waals surface area contributed by atoms with Crippen molar-refractivity contribution in [3.05, 3.63) is 92.3 Å². The van der Waals surface area contributed by atoms with E-state index in [1.807, 2.05) is 22.7 Å². The zero-order valence-corrected chi connectivity index (χ0v) is 53.2. The number of hydrogen-bond donors (Lipinski definition) is 0. The van der Waals surface area contributed by atoms with Gasteiger partial charge in [0, 0.05) is 51.8 Å². The van der Waals surface area contributed by atoms with Crippen LogP contribution in [-0.2, 0) is 9.59 Å². The summed E-state index contributed by atoms with van der Waals surface area (Å²) in [5, 5.41) is 4.31. The molecule has 2 amide bonds. The van der Waals surface area contributed by atoms with Crippen molar-refractivity contribution >= 4 is 101 Å². The molecule has 2 aliphatic heterocycles. The molecule has 10 heteroatoms. The summed E-state index contributed by atoms with van der Waals surface area (Å²) in [7, 11) is 0. The maximum atomic E-state index is 16.0. The maximum absolute atomic E-state index is 16.0. The van der Waals surface area contributed by atoms with Crippen LogP contribution in [0.2, 0.25) is 0 Å². The highest BCUT2D eigenvalue weighted by molar-refractivity contribution is 7.33. The Bertz CT molecular complexity index is 2710. The first-order chi connectivity index (χ1) is 38.4. The topological polar surface area (TPSA) is 40.6 Å². The third kappa shape index (κ3) is 17.0. The van der Waals surface area contributed by atoms with Crippen LogP contribution in [0, 0.1) is 11.8 Å². The van der Waals surface area contributed by atoms with Gasteiger partial charge in [-0.05, 0) is 96.8 Å². The minimum Gasteiger partial charge on any atom is -0.306 e. The van der Waals surface area contributed by atoms with Crippen molar-refractivity contribution in [2.45, 2.75) is 233 Å². The number of hydrogen-bond acceptors (Lipinski definition) is 8. The van der Waals surface area contributed by atoms with Crippen molar-refractivity contribution in [3.63, 3.8) is 0 Å². The Labute approximate surface area is 495 Å². The Morgan fingerprint density at radius 1 is 0.346 bits per heavy atom. The summed E-state index contributed by atoms with van der Waals surface area (Å²) >= 11 is 10.9. The highest BCUT2D eigenvalue weighted by atomic mass is 32.1. The number of unbranched alkanes of at least 4 members (excludes halogenated alkanes) is 24. The number of rotatable bonds is 41. The molecule has 8 heterocycles. The van der Waals surface area contributed by atoms with Crippen LogP contribution in [0.5, 0.6) is 0 Å². The van der Waals surface area contributed by atoms with E-state index >= 15 is 9.59 Å². The van der Waals surface area contributed by atoms with Gasteiger partial charge in [0.2, 0.25) is 0 Å². The maximum Gasteiger partial charge on any atom is 0.261 e. The van der Waals surface area contributed by atoms with Crippen LogP contribution in [0.4, 0.5) is 0 Å². The third-order valence-corrected chi connectivity index (χ3v) is 23.4. The van der Waals surface area contributed by atoms with E-state index < -0.39 is 0 Å². The van der Waals surface area contributed by atoms with Crippen molar-refractivity contribution in [1.29, 1.82) is 0 Å². The lowest BCUT2D eigenvalue weighted by atomic mass is 9.93. The van der Waals surface area contributed by atoms with E-state index in [0.29, 0.717) is 36.1 Å². The van der Waals surface area contributed by atoms with Crippen LogP contribution in [0.1, 0.15) is 243 Å². The van der Waals surface area contributed by atoms with Crippen LogP contribution in [-0.4, -0.2) is 34.7 Å². The third-order valence-electron chi connectivity index (χ3n) is 16.6. The van der Waals surface area contributed by atoms with E-state index in [4.69, 9.17) is 0 Å². The highest BCUT2D eigenvalue weighted by Gasteiger charge is 2.50. The van der Waals surface area contributed by atoms with Crippen molar-refractivity contribution in [2.24, 2.45) is 11.8 Å². The molecule has 0 spiro atoms. The molecule has 2 atom stereocenters. The second kappa shape index (κ2) is 33.1. The Balaban J connectivity index is 1.15. The van der Waals surface area contributed by atoms with E-state index in [1.54, 1.807) is 45.3 Å². The smallest absolute Gasteiger partial charge is 0.261 e. The summed E-state index contributed by atoms with van der Waals surface area (Å²) in [6.07, 6.45) is 40.6. The highest BCUT2D eigenvalue weighted by Crippen LogP contribution is 2.52. The molecule has 2 unspecified atom stereocenters. The average molecular weight is 1160 g/mol. The predicted octanol–water partition coefficient (Wildman–Crippen LogP) is 23.8. The lowest BCUT2D eigenvalue weighted by molar-refractivity contribution is -0.124. The molecule has 6 aromatic heterocycles. The summed E-state index contributed by atoms with van der Waals surface area (Å²) in [6.45, 7) is 10.5. The van der Waals surface area contributed by atoms with Crippen LogP contribution in [0.15, 0.2) is 82.6 Å². The number of carbonyl (C=O) groups excluding carboxylic acids is 2. The van der Waals surface area contributed by atoms with E-state index in [0.717, 1.165) is 46.8 Å². The van der Waals surface area contributed by atoms with Crippen molar-refractivity contribution in [2.75, 3.05) is 13.1 Å². The molecule has 2 aliphatic rings. The van der Waals surface area contributed by atoms with Gasteiger partial charge >= 0.3 is 0 Å². The zero-order chi connectivity index (χ0) is 54.3. The lowest BCUT2D eigenvalue weighted by Crippen LogP contribution is -2.34. The van der Waals surface area contributed by atoms with Gasteiger partial charge in [0.15, 0.2) is 0 Å². The van der Waals surface area contributed by atoms with Gasteiger partial charge in [0.1, 0.15) is 0 Å². The predicted molar refractivity (Wildman–Crippen MR) is 349 cm³/mol. The first kappa shape index (κ1) is 61.0. The van der Waals surface area contributed by atoms with E-state index in [1.165, 1.54) is 218 Å². The summed E-state index contributed by atoms with van der Waals surface area (Å²) in [5.41, 5.74) is 3.09. The molecule has 0 radical (unpaired) electrons. The van der Waals surface area contributed by atoms with Crippen LogP contribution < -0.4 is 0 Å². The number of nitrogens with zero attached hydrogens (tertiary/aromatic N) is 2. The minimum absolute atomic E-state index is 0.0454. The molecule has 424 valence electrons. The Morgan fingerprint density at radius 3 is 1.00 bits per heavy atom. The second-order valence-corrected chi connectivity index (χ2v) is 29.1. The van der Waals surface area contributed by atoms with Crippen LogP contribution in [0.3, 0.4) is 0 Å². The normalized spacial score (nSPS) is 14.7. The lowest BCUT2D eigenvalue weighted by Gasteiger charge is -2.29. The standard InChI is InChI=1S/C68H94N2O2S6/c1-5-9-13-17-21-23-27-31-37-51(35-29-25-19-15-11-7-3)49-69-65(57-43-41-55(75-57)53-39-33-45-73-53)63-64(68(69)72)66(58-44-42-56(76-58)60-48-62-61(78-60)47-59(77-62)54-40-34-46-74-54)70(67(63)71)50-52(36-30-26-20-16-12-8-4)38-32-28-24-22-18-14-10-6-2/h33-34,39-48,51-52H,5-32,35-38,49-50H2,1-4H3. The fourth-order valence-corrected chi connectivity index (χ4v) is 18.4. The van der Waals surface area contributed by atoms with E-state index in [2.05, 4.69) is 109 Å². The molecule has 0 saturated carbocycles. The molecule has 0 aromatic carbocycles. The van der Waals surface area contributed by atoms with Crippen molar-refractivity contribution in [1.82, 2.24) is 9.80 Å². The molecule has 0 fully saturated rings. The molecule has 0 bridgehead atoms. The zero-order valence-electron chi connectivity index (χ0n) is 48.3. The Morgan fingerprint density at radius 2 is 0.654 bits per heavy atom. The fraction of sp³-hybridized carbons (Fsp3) is 0.588. The van der Waals surface area contributed by atoms with Gasteiger partial charge in [-0.1, -0.05) is 220 Å².